The van der Waals surface area contributed by atoms with Gasteiger partial charge in [-0.25, -0.2) is 14.2 Å². The highest BCUT2D eigenvalue weighted by molar-refractivity contribution is 7.86. The summed E-state index contributed by atoms with van der Waals surface area (Å²) < 4.78 is 43.7. The first-order valence-electron chi connectivity index (χ1n) is 9.87. The van der Waals surface area contributed by atoms with Crippen LogP contribution >= 0.6 is 0 Å². The lowest BCUT2D eigenvalue weighted by Crippen LogP contribution is -2.26. The lowest BCUT2D eigenvalue weighted by atomic mass is 10.1. The highest BCUT2D eigenvalue weighted by atomic mass is 32.2. The van der Waals surface area contributed by atoms with E-state index in [1.165, 1.54) is 13.3 Å². The Morgan fingerprint density at radius 1 is 1.41 bits per heavy atom. The third-order valence-electron chi connectivity index (χ3n) is 5.38. The van der Waals surface area contributed by atoms with Gasteiger partial charge in [0.25, 0.3) is 0 Å². The number of carbonyl (C=O) groups is 1. The number of pyridine rings is 2. The van der Waals surface area contributed by atoms with Gasteiger partial charge in [0.05, 0.1) is 23.9 Å². The van der Waals surface area contributed by atoms with Crippen LogP contribution in [0.5, 0.6) is 0 Å². The van der Waals surface area contributed by atoms with E-state index in [1.807, 2.05) is 0 Å². The number of carbonyl (C=O) groups excluding carboxylic acids is 1. The number of nitrogens with two attached hydrogens (primary N) is 1. The van der Waals surface area contributed by atoms with Crippen LogP contribution in [0.3, 0.4) is 0 Å². The largest absolute Gasteiger partial charge is 0.399 e. The Morgan fingerprint density at radius 2 is 2.12 bits per heavy atom. The summed E-state index contributed by atoms with van der Waals surface area (Å²) in [7, 11) is -2.71. The van der Waals surface area contributed by atoms with Gasteiger partial charge in [-0.3, -0.25) is 4.79 Å². The van der Waals surface area contributed by atoms with Crippen LogP contribution in [0.4, 0.5) is 10.2 Å². The summed E-state index contributed by atoms with van der Waals surface area (Å²) in [4.78, 5) is 36.1. The topological polar surface area (TPSA) is 146 Å². The Balaban J connectivity index is 1.83. The molecule has 2 N–H and O–H groups in total. The van der Waals surface area contributed by atoms with Gasteiger partial charge in [0.2, 0.25) is 5.43 Å². The molecule has 1 saturated carbocycles. The predicted molar refractivity (Wildman–Crippen MR) is 114 cm³/mol. The molecular weight excluding hydrogens is 445 g/mol. The van der Waals surface area contributed by atoms with Crippen LogP contribution in [-0.4, -0.2) is 62.6 Å². The molecule has 1 aliphatic heterocycles. The van der Waals surface area contributed by atoms with Crippen molar-refractivity contribution in [2.24, 2.45) is 16.8 Å². The molecular formula is C19H22FN5O6S. The third kappa shape index (κ3) is 4.17. The number of fused-ring (bicyclic) bond motifs is 1. The van der Waals surface area contributed by atoms with Gasteiger partial charge in [-0.1, -0.05) is 5.16 Å². The van der Waals surface area contributed by atoms with E-state index in [0.29, 0.717) is 25.1 Å². The predicted octanol–water partition coefficient (Wildman–Crippen LogP) is 0.384. The Kier molecular flexibility index (Phi) is 5.63. The summed E-state index contributed by atoms with van der Waals surface area (Å²) in [6.07, 6.45) is 3.48. The van der Waals surface area contributed by atoms with E-state index in [4.69, 9.17) is 10.6 Å². The third-order valence-corrected chi connectivity index (χ3v) is 5.84. The van der Waals surface area contributed by atoms with Gasteiger partial charge in [-0.15, -0.1) is 0 Å². The fourth-order valence-corrected chi connectivity index (χ4v) is 4.14. The van der Waals surface area contributed by atoms with Gasteiger partial charge in [0, 0.05) is 31.2 Å². The van der Waals surface area contributed by atoms with E-state index in [1.54, 1.807) is 9.47 Å². The molecule has 13 heteroatoms. The molecule has 0 amide bonds. The van der Waals surface area contributed by atoms with Crippen LogP contribution in [0.1, 0.15) is 29.2 Å². The first-order chi connectivity index (χ1) is 15.1. The molecule has 0 bridgehead atoms. The number of rotatable bonds is 6. The number of nitrogens with zero attached hydrogens (tertiary/aromatic N) is 4. The lowest BCUT2D eigenvalue weighted by molar-refractivity contribution is 0.0746. The van der Waals surface area contributed by atoms with E-state index in [0.717, 1.165) is 18.9 Å². The summed E-state index contributed by atoms with van der Waals surface area (Å²) in [5.41, 5.74) is 5.30. The molecule has 2 aliphatic rings. The second kappa shape index (κ2) is 8.13. The van der Waals surface area contributed by atoms with Gasteiger partial charge in [-0.05, 0) is 18.9 Å². The number of hydrogen-bond donors (Lipinski definition) is 1. The summed E-state index contributed by atoms with van der Waals surface area (Å²) in [5.74, 6) is -2.19. The molecule has 1 aliphatic carbocycles. The normalized spacial score (nSPS) is 20.2. The molecule has 1 saturated heterocycles. The Labute approximate surface area is 182 Å². The van der Waals surface area contributed by atoms with E-state index in [2.05, 4.69) is 14.3 Å². The molecule has 4 rings (SSSR count). The van der Waals surface area contributed by atoms with Crippen LogP contribution in [0.25, 0.3) is 11.0 Å². The van der Waals surface area contributed by atoms with E-state index >= 15 is 4.39 Å². The van der Waals surface area contributed by atoms with Gasteiger partial charge in [0.15, 0.2) is 11.6 Å². The summed E-state index contributed by atoms with van der Waals surface area (Å²) >= 11 is 0. The SMILES string of the molecule is CO/N=C1/CN(c2nc3c(cc2F)c(=O)c(C(=O)OS(C)(=O)=O)cn3C2CC2)CC1CN. The van der Waals surface area contributed by atoms with Crippen LogP contribution < -0.4 is 16.1 Å². The van der Waals surface area contributed by atoms with Gasteiger partial charge in [-0.2, -0.15) is 8.42 Å². The minimum atomic E-state index is -4.13. The Hall–Kier alpha value is -3.06. The molecule has 1 unspecified atom stereocenters. The quantitative estimate of drug-likeness (QED) is 0.470. The zero-order chi connectivity index (χ0) is 23.2. The Bertz CT molecular complexity index is 1290. The van der Waals surface area contributed by atoms with E-state index in [-0.39, 0.29) is 35.4 Å². The Morgan fingerprint density at radius 3 is 2.72 bits per heavy atom. The van der Waals surface area contributed by atoms with Gasteiger partial charge >= 0.3 is 16.1 Å². The van der Waals surface area contributed by atoms with Crippen molar-refractivity contribution in [3.8, 4) is 0 Å². The monoisotopic (exact) mass is 467 g/mol. The van der Waals surface area contributed by atoms with Crippen molar-refractivity contribution in [3.63, 3.8) is 0 Å². The van der Waals surface area contributed by atoms with E-state index < -0.39 is 32.9 Å². The zero-order valence-corrected chi connectivity index (χ0v) is 18.3. The molecule has 2 fully saturated rings. The van der Waals surface area contributed by atoms with Crippen molar-refractivity contribution in [1.29, 1.82) is 0 Å². The summed E-state index contributed by atoms with van der Waals surface area (Å²) in [6, 6.07) is 0.966. The fourth-order valence-electron chi connectivity index (χ4n) is 3.77. The number of oxime groups is 1. The smallest absolute Gasteiger partial charge is 0.359 e. The summed E-state index contributed by atoms with van der Waals surface area (Å²) in [6.45, 7) is 0.935. The van der Waals surface area contributed by atoms with Crippen LogP contribution in [-0.2, 0) is 19.1 Å². The van der Waals surface area contributed by atoms with Crippen molar-refractivity contribution < 1.29 is 26.6 Å². The molecule has 2 aromatic rings. The minimum absolute atomic E-state index is 0.0255. The molecule has 1 atom stereocenters. The maximum Gasteiger partial charge on any atom is 0.359 e. The maximum absolute atomic E-state index is 15.1. The van der Waals surface area contributed by atoms with Gasteiger partial charge in [0.1, 0.15) is 18.3 Å². The minimum Gasteiger partial charge on any atom is -0.399 e. The van der Waals surface area contributed by atoms with Crippen molar-refractivity contribution >= 4 is 38.7 Å². The number of halogens is 1. The molecule has 3 heterocycles. The highest BCUT2D eigenvalue weighted by Crippen LogP contribution is 2.37. The van der Waals surface area contributed by atoms with E-state index in [9.17, 15) is 18.0 Å². The maximum atomic E-state index is 15.1. The highest BCUT2D eigenvalue weighted by Gasteiger charge is 2.33. The van der Waals surface area contributed by atoms with Crippen molar-refractivity contribution in [2.75, 3.05) is 37.9 Å². The standard InChI is InChI=1S/C19H22FN5O6S/c1-30-23-15-9-24(7-10(15)6-21)18-14(20)5-12-16(26)13(19(27)31-32(2,28)29)8-25(11-3-4-11)17(12)22-18/h5,8,10-11H,3-4,6-7,9,21H2,1-2H3/b23-15-. The molecule has 0 radical (unpaired) electrons. The first-order valence-corrected chi connectivity index (χ1v) is 11.7. The molecule has 11 nitrogen and oxygen atoms in total. The first kappa shape index (κ1) is 22.1. The molecule has 32 heavy (non-hydrogen) atoms. The van der Waals surface area contributed by atoms with Crippen LogP contribution in [0.2, 0.25) is 0 Å². The van der Waals surface area contributed by atoms with Crippen molar-refractivity contribution in [1.82, 2.24) is 9.55 Å². The zero-order valence-electron chi connectivity index (χ0n) is 17.4. The molecule has 172 valence electrons. The number of hydrogen-bond acceptors (Lipinski definition) is 10. The molecule has 0 spiro atoms. The average molecular weight is 467 g/mol. The average Bonchev–Trinajstić information content (AvgIpc) is 3.47. The van der Waals surface area contributed by atoms with Crippen LogP contribution in [0.15, 0.2) is 22.2 Å². The molecule has 0 aromatic carbocycles. The van der Waals surface area contributed by atoms with Crippen molar-refractivity contribution in [3.05, 3.63) is 33.9 Å². The van der Waals surface area contributed by atoms with Crippen molar-refractivity contribution in [2.45, 2.75) is 18.9 Å². The van der Waals surface area contributed by atoms with Crippen LogP contribution in [0, 0.1) is 11.7 Å². The number of aromatic nitrogens is 2. The fraction of sp³-hybridized carbons (Fsp3) is 0.474. The summed E-state index contributed by atoms with van der Waals surface area (Å²) in [5, 5.41) is 3.83. The number of anilines is 1. The second-order valence-corrected chi connectivity index (χ2v) is 9.40. The molecule has 2 aromatic heterocycles. The second-order valence-electron chi connectivity index (χ2n) is 7.83. The lowest BCUT2D eigenvalue weighted by Gasteiger charge is -2.19. The van der Waals surface area contributed by atoms with Gasteiger partial charge < -0.3 is 24.2 Å².